The van der Waals surface area contributed by atoms with Gasteiger partial charge in [0.25, 0.3) is 0 Å². The van der Waals surface area contributed by atoms with Crippen molar-refractivity contribution < 1.29 is 13.5 Å². The van der Waals surface area contributed by atoms with E-state index < -0.39 is 21.7 Å². The topological polar surface area (TPSA) is 66.4 Å². The molecular formula is C22H27NO3S. The number of sulfonamides is 1. The summed E-state index contributed by atoms with van der Waals surface area (Å²) in [6.45, 7) is 7.44. The van der Waals surface area contributed by atoms with E-state index in [1.165, 1.54) is 0 Å². The fraction of sp³-hybridized carbons (Fsp3) is 0.364. The monoisotopic (exact) mass is 385 g/mol. The van der Waals surface area contributed by atoms with Crippen LogP contribution in [0.1, 0.15) is 38.3 Å². The predicted molar refractivity (Wildman–Crippen MR) is 109 cm³/mol. The van der Waals surface area contributed by atoms with E-state index in [0.29, 0.717) is 6.42 Å². The van der Waals surface area contributed by atoms with E-state index in [0.717, 1.165) is 11.1 Å². The van der Waals surface area contributed by atoms with Crippen LogP contribution in [0.4, 0.5) is 0 Å². The Balaban J connectivity index is 2.36. The Bertz CT molecular complexity index is 910. The molecule has 27 heavy (non-hydrogen) atoms. The lowest BCUT2D eigenvalue weighted by Gasteiger charge is -2.34. The first-order valence-corrected chi connectivity index (χ1v) is 10.6. The lowest BCUT2D eigenvalue weighted by molar-refractivity contribution is 0.0453. The molecule has 2 aromatic carbocycles. The van der Waals surface area contributed by atoms with E-state index in [1.807, 2.05) is 51.1 Å². The maximum absolute atomic E-state index is 12.8. The molecule has 0 radical (unpaired) electrons. The van der Waals surface area contributed by atoms with Crippen LogP contribution in [0.3, 0.4) is 0 Å². The van der Waals surface area contributed by atoms with Crippen LogP contribution >= 0.6 is 0 Å². The first-order chi connectivity index (χ1) is 12.7. The third-order valence-corrected chi connectivity index (χ3v) is 5.99. The maximum atomic E-state index is 12.8. The molecule has 2 atom stereocenters. The molecule has 0 saturated carbocycles. The van der Waals surface area contributed by atoms with Crippen LogP contribution in [-0.4, -0.2) is 25.2 Å². The average Bonchev–Trinajstić information content (AvgIpc) is 2.65. The molecule has 0 saturated heterocycles. The summed E-state index contributed by atoms with van der Waals surface area (Å²) in [5.74, 6) is 5.72. The van der Waals surface area contributed by atoms with Gasteiger partial charge in [0.15, 0.2) is 0 Å². The lowest BCUT2D eigenvalue weighted by Crippen LogP contribution is -2.54. The first kappa shape index (κ1) is 21.2. The molecular weight excluding hydrogens is 358 g/mol. The van der Waals surface area contributed by atoms with Crippen molar-refractivity contribution >= 4 is 10.0 Å². The molecule has 2 N–H and O–H groups in total. The Kier molecular flexibility index (Phi) is 6.83. The smallest absolute Gasteiger partial charge is 0.240 e. The molecule has 0 fully saturated rings. The first-order valence-electron chi connectivity index (χ1n) is 9.07. The van der Waals surface area contributed by atoms with Gasteiger partial charge in [-0.15, -0.1) is 0 Å². The summed E-state index contributed by atoms with van der Waals surface area (Å²) in [6.07, 6.45) is 0.298. The minimum atomic E-state index is -3.78. The number of aryl methyl sites for hydroxylation is 1. The molecule has 0 aromatic heterocycles. The summed E-state index contributed by atoms with van der Waals surface area (Å²) in [4.78, 5) is 0.174. The lowest BCUT2D eigenvalue weighted by atomic mass is 9.85. The Morgan fingerprint density at radius 2 is 1.67 bits per heavy atom. The van der Waals surface area contributed by atoms with E-state index in [9.17, 15) is 13.5 Å². The van der Waals surface area contributed by atoms with Crippen molar-refractivity contribution in [3.8, 4) is 11.8 Å². The van der Waals surface area contributed by atoms with Gasteiger partial charge >= 0.3 is 0 Å². The third kappa shape index (κ3) is 5.43. The molecule has 144 valence electrons. The summed E-state index contributed by atoms with van der Waals surface area (Å²) in [5.41, 5.74) is 0.267. The number of benzene rings is 2. The van der Waals surface area contributed by atoms with Crippen molar-refractivity contribution in [1.29, 1.82) is 0 Å². The number of rotatable bonds is 6. The van der Waals surface area contributed by atoms with Crippen molar-refractivity contribution in [1.82, 2.24) is 4.72 Å². The Morgan fingerprint density at radius 3 is 2.19 bits per heavy atom. The van der Waals surface area contributed by atoms with Crippen LogP contribution in [0.15, 0.2) is 59.5 Å². The highest BCUT2D eigenvalue weighted by molar-refractivity contribution is 7.89. The number of hydrogen-bond donors (Lipinski definition) is 2. The molecule has 0 aliphatic heterocycles. The fourth-order valence-corrected chi connectivity index (χ4v) is 4.26. The zero-order valence-electron chi connectivity index (χ0n) is 16.2. The second-order valence-electron chi connectivity index (χ2n) is 7.05. The van der Waals surface area contributed by atoms with Gasteiger partial charge in [-0.1, -0.05) is 68.5 Å². The van der Waals surface area contributed by atoms with Crippen molar-refractivity contribution in [2.45, 2.75) is 50.7 Å². The summed E-state index contributed by atoms with van der Waals surface area (Å²) < 4.78 is 28.3. The van der Waals surface area contributed by atoms with Gasteiger partial charge in [0.2, 0.25) is 10.0 Å². The van der Waals surface area contributed by atoms with E-state index in [4.69, 9.17) is 0 Å². The largest absolute Gasteiger partial charge is 0.376 e. The van der Waals surface area contributed by atoms with Crippen LogP contribution in [-0.2, 0) is 10.0 Å². The summed E-state index contributed by atoms with van der Waals surface area (Å²) >= 11 is 0. The second kappa shape index (κ2) is 8.71. The molecule has 5 heteroatoms. The predicted octanol–water partition coefficient (Wildman–Crippen LogP) is 3.49. The van der Waals surface area contributed by atoms with E-state index in [1.54, 1.807) is 31.2 Å². The van der Waals surface area contributed by atoms with Gasteiger partial charge in [0.1, 0.15) is 5.60 Å². The number of aliphatic hydroxyl groups is 1. The van der Waals surface area contributed by atoms with Gasteiger partial charge in [0.05, 0.1) is 10.9 Å². The number of nitrogens with one attached hydrogen (secondary N) is 1. The van der Waals surface area contributed by atoms with Gasteiger partial charge in [-0.3, -0.25) is 0 Å². The van der Waals surface area contributed by atoms with Crippen molar-refractivity contribution in [2.24, 2.45) is 5.92 Å². The molecule has 2 aromatic rings. The molecule has 0 aliphatic carbocycles. The van der Waals surface area contributed by atoms with E-state index in [-0.39, 0.29) is 10.8 Å². The Hall–Kier alpha value is -2.13. The molecule has 0 unspecified atom stereocenters. The Morgan fingerprint density at radius 1 is 1.07 bits per heavy atom. The number of hydrogen-bond acceptors (Lipinski definition) is 3. The van der Waals surface area contributed by atoms with E-state index in [2.05, 4.69) is 16.6 Å². The normalized spacial score (nSPS) is 14.9. The SMILES string of the molecule is CC[C@](O)(C#Cc1ccccc1)[C@@H](NS(=O)(=O)c1ccc(C)cc1)C(C)C. The third-order valence-electron chi connectivity index (χ3n) is 4.53. The van der Waals surface area contributed by atoms with Gasteiger partial charge in [-0.2, -0.15) is 0 Å². The minimum Gasteiger partial charge on any atom is -0.376 e. The van der Waals surface area contributed by atoms with Gasteiger partial charge in [-0.25, -0.2) is 13.1 Å². The van der Waals surface area contributed by atoms with Crippen molar-refractivity contribution in [3.05, 3.63) is 65.7 Å². The van der Waals surface area contributed by atoms with Crippen LogP contribution in [0.2, 0.25) is 0 Å². The molecule has 0 bridgehead atoms. The average molecular weight is 386 g/mol. The summed E-state index contributed by atoms with van der Waals surface area (Å²) in [6, 6.07) is 15.2. The van der Waals surface area contributed by atoms with Gasteiger partial charge < -0.3 is 5.11 Å². The van der Waals surface area contributed by atoms with Crippen molar-refractivity contribution in [3.63, 3.8) is 0 Å². The van der Waals surface area contributed by atoms with Crippen LogP contribution in [0.25, 0.3) is 0 Å². The van der Waals surface area contributed by atoms with Crippen LogP contribution < -0.4 is 4.72 Å². The Labute approximate surface area is 162 Å². The highest BCUT2D eigenvalue weighted by atomic mass is 32.2. The highest BCUT2D eigenvalue weighted by Crippen LogP contribution is 2.24. The molecule has 0 amide bonds. The quantitative estimate of drug-likeness (QED) is 0.748. The molecule has 4 nitrogen and oxygen atoms in total. The van der Waals surface area contributed by atoms with Gasteiger partial charge in [-0.05, 0) is 43.5 Å². The summed E-state index contributed by atoms with van der Waals surface area (Å²) in [7, 11) is -3.78. The summed E-state index contributed by atoms with van der Waals surface area (Å²) in [5, 5.41) is 11.2. The minimum absolute atomic E-state index is 0.153. The highest BCUT2D eigenvalue weighted by Gasteiger charge is 2.38. The van der Waals surface area contributed by atoms with Crippen LogP contribution in [0.5, 0.6) is 0 Å². The standard InChI is InChI=1S/C22H27NO3S/c1-5-22(24,16-15-19-9-7-6-8-10-19)21(17(2)3)23-27(25,26)20-13-11-18(4)12-14-20/h6-14,17,21,23-24H,5H2,1-4H3/t21-,22-/m0/s1. The molecule has 0 heterocycles. The zero-order valence-corrected chi connectivity index (χ0v) is 17.0. The molecule has 2 rings (SSSR count). The molecule has 0 aliphatic rings. The fourth-order valence-electron chi connectivity index (χ4n) is 2.83. The maximum Gasteiger partial charge on any atom is 0.240 e. The van der Waals surface area contributed by atoms with E-state index >= 15 is 0 Å². The van der Waals surface area contributed by atoms with Crippen LogP contribution in [0, 0.1) is 24.7 Å². The van der Waals surface area contributed by atoms with Gasteiger partial charge in [0, 0.05) is 5.56 Å². The zero-order chi connectivity index (χ0) is 20.1. The second-order valence-corrected chi connectivity index (χ2v) is 8.76. The molecule has 0 spiro atoms. The van der Waals surface area contributed by atoms with Crippen molar-refractivity contribution in [2.75, 3.05) is 0 Å².